The van der Waals surface area contributed by atoms with Crippen LogP contribution in [0.4, 0.5) is 5.69 Å². The van der Waals surface area contributed by atoms with Gasteiger partial charge in [0.15, 0.2) is 11.5 Å². The summed E-state index contributed by atoms with van der Waals surface area (Å²) in [6, 6.07) is 20.7. The molecule has 0 atom stereocenters. The molecule has 3 aromatic rings. The second-order valence-corrected chi connectivity index (χ2v) is 7.16. The van der Waals surface area contributed by atoms with Crippen LogP contribution < -0.4 is 20.1 Å². The lowest BCUT2D eigenvalue weighted by atomic mass is 10.1. The van der Waals surface area contributed by atoms with Gasteiger partial charge in [0.2, 0.25) is 0 Å². The highest BCUT2D eigenvalue weighted by Crippen LogP contribution is 2.27. The number of methoxy groups -OCH3 is 2. The summed E-state index contributed by atoms with van der Waals surface area (Å²) in [6.45, 7) is 1.51. The number of rotatable bonds is 9. The minimum atomic E-state index is -0.223. The van der Waals surface area contributed by atoms with E-state index in [9.17, 15) is 4.79 Å². The average molecular weight is 425 g/mol. The molecule has 0 saturated heterocycles. The molecule has 0 aliphatic carbocycles. The minimum Gasteiger partial charge on any atom is -0.493 e. The summed E-state index contributed by atoms with van der Waals surface area (Å²) in [5, 5.41) is 6.77. The van der Waals surface area contributed by atoms with Gasteiger partial charge in [-0.2, -0.15) is 0 Å². The van der Waals surface area contributed by atoms with Crippen molar-refractivity contribution >= 4 is 23.2 Å². The Kier molecular flexibility index (Phi) is 7.71. The smallest absolute Gasteiger partial charge is 0.257 e. The summed E-state index contributed by atoms with van der Waals surface area (Å²) < 4.78 is 10.6. The van der Waals surface area contributed by atoms with Crippen molar-refractivity contribution in [3.8, 4) is 11.5 Å². The van der Waals surface area contributed by atoms with E-state index in [1.54, 1.807) is 38.5 Å². The summed E-state index contributed by atoms with van der Waals surface area (Å²) >= 11 is 6.10. The van der Waals surface area contributed by atoms with Crippen LogP contribution in [0.15, 0.2) is 66.7 Å². The van der Waals surface area contributed by atoms with Gasteiger partial charge >= 0.3 is 0 Å². The summed E-state index contributed by atoms with van der Waals surface area (Å²) in [5.41, 5.74) is 3.44. The molecule has 0 spiro atoms. The number of benzene rings is 3. The zero-order chi connectivity index (χ0) is 21.3. The van der Waals surface area contributed by atoms with E-state index in [0.29, 0.717) is 17.1 Å². The van der Waals surface area contributed by atoms with Crippen LogP contribution in [-0.4, -0.2) is 26.7 Å². The van der Waals surface area contributed by atoms with Crippen molar-refractivity contribution in [2.24, 2.45) is 0 Å². The van der Waals surface area contributed by atoms with Crippen molar-refractivity contribution in [1.29, 1.82) is 0 Å². The molecular weight excluding hydrogens is 400 g/mol. The first-order valence-electron chi connectivity index (χ1n) is 9.67. The molecule has 0 radical (unpaired) electrons. The van der Waals surface area contributed by atoms with Gasteiger partial charge in [-0.25, -0.2) is 0 Å². The lowest BCUT2D eigenvalue weighted by Crippen LogP contribution is -2.17. The molecule has 0 unspecified atom stereocenters. The molecule has 156 valence electrons. The van der Waals surface area contributed by atoms with Crippen molar-refractivity contribution in [3.63, 3.8) is 0 Å². The van der Waals surface area contributed by atoms with E-state index in [2.05, 4.69) is 10.6 Å². The van der Waals surface area contributed by atoms with E-state index in [0.717, 1.165) is 35.7 Å². The van der Waals surface area contributed by atoms with Gasteiger partial charge in [0, 0.05) is 12.2 Å². The third-order valence-corrected chi connectivity index (χ3v) is 5.00. The summed E-state index contributed by atoms with van der Waals surface area (Å²) in [4.78, 5) is 12.4. The molecule has 2 N–H and O–H groups in total. The number of amides is 1. The Morgan fingerprint density at radius 2 is 1.70 bits per heavy atom. The Bertz CT molecular complexity index is 1010. The maximum Gasteiger partial charge on any atom is 0.257 e. The summed E-state index contributed by atoms with van der Waals surface area (Å²) in [6.07, 6.45) is 0.864. The van der Waals surface area contributed by atoms with Crippen LogP contribution in [0.3, 0.4) is 0 Å². The molecule has 0 heterocycles. The number of anilines is 1. The van der Waals surface area contributed by atoms with E-state index in [1.165, 1.54) is 5.56 Å². The standard InChI is InChI=1S/C24H25ClN2O3/c1-29-22-11-10-17(15-23(22)30-2)12-13-26-16-18-6-5-7-19(14-18)27-24(28)20-8-3-4-9-21(20)25/h3-11,14-15,26H,12-13,16H2,1-2H3,(H,27,28). The highest BCUT2D eigenvalue weighted by molar-refractivity contribution is 6.34. The predicted octanol–water partition coefficient (Wildman–Crippen LogP) is 4.94. The van der Waals surface area contributed by atoms with E-state index in [-0.39, 0.29) is 5.91 Å². The maximum absolute atomic E-state index is 12.4. The van der Waals surface area contributed by atoms with Crippen LogP contribution in [0.2, 0.25) is 5.02 Å². The third-order valence-electron chi connectivity index (χ3n) is 4.67. The van der Waals surface area contributed by atoms with E-state index in [1.807, 2.05) is 42.5 Å². The fraction of sp³-hybridized carbons (Fsp3) is 0.208. The number of hydrogen-bond donors (Lipinski definition) is 2. The second kappa shape index (κ2) is 10.7. The van der Waals surface area contributed by atoms with Gasteiger partial charge in [-0.3, -0.25) is 4.79 Å². The van der Waals surface area contributed by atoms with Crippen molar-refractivity contribution in [2.75, 3.05) is 26.1 Å². The fourth-order valence-electron chi connectivity index (χ4n) is 3.10. The molecular formula is C24H25ClN2O3. The first kappa shape index (κ1) is 21.7. The lowest BCUT2D eigenvalue weighted by molar-refractivity contribution is 0.102. The number of nitrogens with one attached hydrogen (secondary N) is 2. The van der Waals surface area contributed by atoms with Crippen LogP contribution in [0.25, 0.3) is 0 Å². The van der Waals surface area contributed by atoms with E-state index < -0.39 is 0 Å². The number of hydrogen-bond acceptors (Lipinski definition) is 4. The minimum absolute atomic E-state index is 0.223. The Morgan fingerprint density at radius 1 is 0.900 bits per heavy atom. The summed E-state index contributed by atoms with van der Waals surface area (Å²) in [7, 11) is 3.27. The number of halogens is 1. The first-order valence-corrected chi connectivity index (χ1v) is 10.0. The molecule has 3 rings (SSSR count). The van der Waals surface area contributed by atoms with Crippen LogP contribution in [-0.2, 0) is 13.0 Å². The molecule has 3 aromatic carbocycles. The molecule has 0 aliphatic rings. The third kappa shape index (κ3) is 5.75. The van der Waals surface area contributed by atoms with Gasteiger partial charge in [-0.1, -0.05) is 41.9 Å². The van der Waals surface area contributed by atoms with Crippen molar-refractivity contribution in [1.82, 2.24) is 5.32 Å². The van der Waals surface area contributed by atoms with Gasteiger partial charge in [-0.05, 0) is 60.5 Å². The van der Waals surface area contributed by atoms with E-state index >= 15 is 0 Å². The van der Waals surface area contributed by atoms with Gasteiger partial charge < -0.3 is 20.1 Å². The molecule has 0 bridgehead atoms. The Balaban J connectivity index is 1.52. The average Bonchev–Trinajstić information content (AvgIpc) is 2.77. The molecule has 0 fully saturated rings. The van der Waals surface area contributed by atoms with Crippen molar-refractivity contribution < 1.29 is 14.3 Å². The highest BCUT2D eigenvalue weighted by atomic mass is 35.5. The molecule has 0 aromatic heterocycles. The topological polar surface area (TPSA) is 59.6 Å². The zero-order valence-electron chi connectivity index (χ0n) is 17.1. The largest absolute Gasteiger partial charge is 0.493 e. The predicted molar refractivity (Wildman–Crippen MR) is 121 cm³/mol. The van der Waals surface area contributed by atoms with E-state index in [4.69, 9.17) is 21.1 Å². The monoisotopic (exact) mass is 424 g/mol. The number of ether oxygens (including phenoxy) is 2. The fourth-order valence-corrected chi connectivity index (χ4v) is 3.33. The molecule has 30 heavy (non-hydrogen) atoms. The normalized spacial score (nSPS) is 10.5. The van der Waals surface area contributed by atoms with Crippen LogP contribution in [0.5, 0.6) is 11.5 Å². The molecule has 0 saturated carbocycles. The molecule has 6 heteroatoms. The van der Waals surface area contributed by atoms with Gasteiger partial charge in [-0.15, -0.1) is 0 Å². The van der Waals surface area contributed by atoms with Crippen molar-refractivity contribution in [2.45, 2.75) is 13.0 Å². The molecule has 0 aliphatic heterocycles. The zero-order valence-corrected chi connectivity index (χ0v) is 17.8. The molecule has 1 amide bonds. The van der Waals surface area contributed by atoms with Crippen LogP contribution >= 0.6 is 11.6 Å². The van der Waals surface area contributed by atoms with Gasteiger partial charge in [0.25, 0.3) is 5.91 Å². The lowest BCUT2D eigenvalue weighted by Gasteiger charge is -2.11. The number of carbonyl (C=O) groups excluding carboxylic acids is 1. The Morgan fingerprint density at radius 3 is 2.47 bits per heavy atom. The number of carbonyl (C=O) groups is 1. The second-order valence-electron chi connectivity index (χ2n) is 6.75. The summed E-state index contributed by atoms with van der Waals surface area (Å²) in [5.74, 6) is 1.24. The first-order chi connectivity index (χ1) is 14.6. The SMILES string of the molecule is COc1ccc(CCNCc2cccc(NC(=O)c3ccccc3Cl)c2)cc1OC. The van der Waals surface area contributed by atoms with Crippen LogP contribution in [0, 0.1) is 0 Å². The highest BCUT2D eigenvalue weighted by Gasteiger charge is 2.10. The Labute approximate surface area is 182 Å². The maximum atomic E-state index is 12.4. The van der Waals surface area contributed by atoms with Gasteiger partial charge in [0.05, 0.1) is 24.8 Å². The Hall–Kier alpha value is -3.02. The van der Waals surface area contributed by atoms with Gasteiger partial charge in [0.1, 0.15) is 0 Å². The molecule has 5 nitrogen and oxygen atoms in total. The quantitative estimate of drug-likeness (QED) is 0.477. The van der Waals surface area contributed by atoms with Crippen LogP contribution in [0.1, 0.15) is 21.5 Å². The van der Waals surface area contributed by atoms with Crippen molar-refractivity contribution in [3.05, 3.63) is 88.4 Å².